The minimum atomic E-state index is 0. The van der Waals surface area contributed by atoms with Crippen LogP contribution in [0.1, 0.15) is 6.92 Å². The van der Waals surface area contributed by atoms with Gasteiger partial charge in [-0.3, -0.25) is 0 Å². The Morgan fingerprint density at radius 3 is 2.54 bits per heavy atom. The van der Waals surface area contributed by atoms with Crippen molar-refractivity contribution in [2.75, 3.05) is 6.61 Å². The van der Waals surface area contributed by atoms with E-state index in [1.807, 2.05) is 13.0 Å². The number of rotatable bonds is 2. The predicted molar refractivity (Wildman–Crippen MR) is 51.9 cm³/mol. The maximum absolute atomic E-state index is 5.82. The van der Waals surface area contributed by atoms with Crippen LogP contribution < -0.4 is 10.2 Å². The van der Waals surface area contributed by atoms with Crippen LogP contribution in [0.25, 0.3) is 0 Å². The second-order valence-corrected chi connectivity index (χ2v) is 2.47. The third-order valence-electron chi connectivity index (χ3n) is 1.29. The Bertz CT molecular complexity index is 255. The zero-order chi connectivity index (χ0) is 8.27. The Labute approximate surface area is 83.7 Å². The fourth-order valence-electron chi connectivity index (χ4n) is 0.795. The molecule has 0 radical (unpaired) electrons. The van der Waals surface area contributed by atoms with Gasteiger partial charge in [-0.1, -0.05) is 0 Å². The summed E-state index contributed by atoms with van der Waals surface area (Å²) in [7, 11) is 5.54. The van der Waals surface area contributed by atoms with Crippen molar-refractivity contribution in [1.29, 1.82) is 0 Å². The van der Waals surface area contributed by atoms with Crippen molar-refractivity contribution in [3.8, 4) is 5.75 Å². The summed E-state index contributed by atoms with van der Waals surface area (Å²) in [6, 6.07) is 5.35. The largest absolute Gasteiger partial charge is 0.870 e. The molecular formula is C8H10BClO3. The van der Waals surface area contributed by atoms with E-state index in [1.165, 1.54) is 0 Å². The molecule has 0 saturated carbocycles. The van der Waals surface area contributed by atoms with Crippen molar-refractivity contribution in [3.63, 3.8) is 0 Å². The molecule has 2 N–H and O–H groups in total. The van der Waals surface area contributed by atoms with Crippen LogP contribution in [0.15, 0.2) is 18.2 Å². The van der Waals surface area contributed by atoms with E-state index in [0.29, 0.717) is 22.8 Å². The Hall–Kier alpha value is -0.705. The topological polar surface area (TPSA) is 69.2 Å². The third kappa shape index (κ3) is 3.68. The summed E-state index contributed by atoms with van der Waals surface area (Å²) in [6.07, 6.45) is 0. The molecule has 0 bridgehead atoms. The Morgan fingerprint density at radius 2 is 2.00 bits per heavy atom. The first kappa shape index (κ1) is 14.8. The zero-order valence-electron chi connectivity index (χ0n) is 7.20. The van der Waals surface area contributed by atoms with Gasteiger partial charge in [-0.05, 0) is 0 Å². The van der Waals surface area contributed by atoms with E-state index in [0.717, 1.165) is 0 Å². The van der Waals surface area contributed by atoms with Gasteiger partial charge < -0.3 is 11.0 Å². The zero-order valence-corrected chi connectivity index (χ0v) is 7.95. The van der Waals surface area contributed by atoms with Crippen LogP contribution in [0.3, 0.4) is 0 Å². The van der Waals surface area contributed by atoms with Gasteiger partial charge in [0, 0.05) is 0 Å². The van der Waals surface area contributed by atoms with Crippen LogP contribution >= 0.6 is 11.6 Å². The third-order valence-corrected chi connectivity index (χ3v) is 1.70. The van der Waals surface area contributed by atoms with Crippen molar-refractivity contribution in [3.05, 3.63) is 23.2 Å². The number of hydrogen-bond donors (Lipinski definition) is 0. The first-order valence-electron chi connectivity index (χ1n) is 3.42. The SMILES string of the molecule is [B+2]c1cccc(OCC)c1Cl.[OH-].[OH-]. The second kappa shape index (κ2) is 6.77. The molecule has 70 valence electrons. The molecule has 1 aromatic carbocycles. The van der Waals surface area contributed by atoms with E-state index in [1.54, 1.807) is 12.1 Å². The van der Waals surface area contributed by atoms with Crippen LogP contribution in [0, 0.1) is 0 Å². The molecule has 1 aromatic rings. The predicted octanol–water partition coefficient (Wildman–Crippen LogP) is 1.18. The van der Waals surface area contributed by atoms with E-state index in [2.05, 4.69) is 0 Å². The molecule has 0 spiro atoms. The smallest absolute Gasteiger partial charge is 0.870 e. The van der Waals surface area contributed by atoms with Gasteiger partial charge in [-0.25, -0.2) is 0 Å². The minimum Gasteiger partial charge on any atom is -0.870 e. The molecule has 0 aliphatic rings. The molecule has 0 amide bonds. The summed E-state index contributed by atoms with van der Waals surface area (Å²) in [5, 5.41) is 0.495. The number of ether oxygens (including phenoxy) is 1. The summed E-state index contributed by atoms with van der Waals surface area (Å²) in [4.78, 5) is 0. The Kier molecular flexibility index (Phi) is 7.71. The van der Waals surface area contributed by atoms with Crippen LogP contribution in [-0.4, -0.2) is 25.4 Å². The molecule has 13 heavy (non-hydrogen) atoms. The van der Waals surface area contributed by atoms with E-state index >= 15 is 0 Å². The van der Waals surface area contributed by atoms with E-state index in [9.17, 15) is 0 Å². The minimum absolute atomic E-state index is 0. The van der Waals surface area contributed by atoms with Gasteiger partial charge in [0.2, 0.25) is 0 Å². The molecule has 0 unspecified atom stereocenters. The molecule has 0 saturated heterocycles. The maximum atomic E-state index is 5.82. The number of halogens is 1. The monoisotopic (exact) mass is 200 g/mol. The molecular weight excluding hydrogens is 190 g/mol. The van der Waals surface area contributed by atoms with Gasteiger partial charge >= 0.3 is 72.1 Å². The molecule has 5 heteroatoms. The van der Waals surface area contributed by atoms with Gasteiger partial charge in [-0.2, -0.15) is 0 Å². The van der Waals surface area contributed by atoms with Crippen molar-refractivity contribution in [2.24, 2.45) is 0 Å². The van der Waals surface area contributed by atoms with Gasteiger partial charge in [-0.15, -0.1) is 0 Å². The van der Waals surface area contributed by atoms with Gasteiger partial charge in [0.1, 0.15) is 0 Å². The Morgan fingerprint density at radius 1 is 1.38 bits per heavy atom. The number of benzene rings is 1. The summed E-state index contributed by atoms with van der Waals surface area (Å²) in [6.45, 7) is 2.50. The molecule has 0 aliphatic heterocycles. The summed E-state index contributed by atoms with van der Waals surface area (Å²) >= 11 is 5.82. The van der Waals surface area contributed by atoms with Gasteiger partial charge in [0.15, 0.2) is 0 Å². The summed E-state index contributed by atoms with van der Waals surface area (Å²) in [5.41, 5.74) is 0.553. The molecule has 1 rings (SSSR count). The molecule has 3 nitrogen and oxygen atoms in total. The van der Waals surface area contributed by atoms with Crippen LogP contribution in [-0.2, 0) is 0 Å². The number of hydrogen-bond acceptors (Lipinski definition) is 3. The van der Waals surface area contributed by atoms with Gasteiger partial charge in [0.05, 0.1) is 0 Å². The van der Waals surface area contributed by atoms with E-state index in [-0.39, 0.29) is 11.0 Å². The van der Waals surface area contributed by atoms with Crippen molar-refractivity contribution in [2.45, 2.75) is 6.92 Å². The van der Waals surface area contributed by atoms with Crippen LogP contribution in [0.4, 0.5) is 0 Å². The molecule has 0 atom stereocenters. The first-order chi connectivity index (χ1) is 5.25. The fraction of sp³-hybridized carbons (Fsp3) is 0.250. The molecule has 0 aliphatic carbocycles. The van der Waals surface area contributed by atoms with Crippen LogP contribution in [0.5, 0.6) is 5.75 Å². The molecule has 0 aromatic heterocycles. The Balaban J connectivity index is 0. The van der Waals surface area contributed by atoms with Crippen LogP contribution in [0.2, 0.25) is 5.02 Å². The molecule has 0 heterocycles. The van der Waals surface area contributed by atoms with Crippen molar-refractivity contribution < 1.29 is 15.7 Å². The normalized spacial score (nSPS) is 8.31. The fourth-order valence-corrected chi connectivity index (χ4v) is 0.975. The average molecular weight is 200 g/mol. The van der Waals surface area contributed by atoms with Gasteiger partial charge in [0.25, 0.3) is 0 Å². The van der Waals surface area contributed by atoms with Crippen molar-refractivity contribution >= 4 is 24.9 Å². The summed E-state index contributed by atoms with van der Waals surface area (Å²) < 4.78 is 5.21. The first-order valence-corrected chi connectivity index (χ1v) is 3.80. The summed E-state index contributed by atoms with van der Waals surface area (Å²) in [5.74, 6) is 0.647. The van der Waals surface area contributed by atoms with Crippen molar-refractivity contribution in [1.82, 2.24) is 0 Å². The standard InChI is InChI=1S/C8H8BClO.2H2O/c1-2-11-7-5-3-4-6(9)8(7)10;;/h3-5H,2H2,1H3;2*1H2/q+2;;/p-2. The molecule has 0 fully saturated rings. The van der Waals surface area contributed by atoms with E-state index in [4.69, 9.17) is 24.2 Å². The second-order valence-electron chi connectivity index (χ2n) is 2.09. The maximum Gasteiger partial charge on any atom is -0.870 e. The average Bonchev–Trinajstić information content (AvgIpc) is 1.99. The quantitative estimate of drug-likeness (QED) is 0.673. The van der Waals surface area contributed by atoms with E-state index < -0.39 is 0 Å².